The standard InChI is InChI=1S/C15H26O/c1-10(11(2)16)6-7-12-8-13-9-15(13,5)14(12,3)4/h6,11-13,16H,7-9H2,1-5H3/b10-6+. The third-order valence-electron chi connectivity index (χ3n) is 5.86. The zero-order valence-corrected chi connectivity index (χ0v) is 11.4. The van der Waals surface area contributed by atoms with Crippen LogP contribution in [0.25, 0.3) is 0 Å². The molecule has 0 aliphatic heterocycles. The van der Waals surface area contributed by atoms with Gasteiger partial charge in [0.2, 0.25) is 0 Å². The van der Waals surface area contributed by atoms with Crippen molar-refractivity contribution in [3.63, 3.8) is 0 Å². The Morgan fingerprint density at radius 2 is 2.06 bits per heavy atom. The lowest BCUT2D eigenvalue weighted by Crippen LogP contribution is -2.27. The fraction of sp³-hybridized carbons (Fsp3) is 0.867. The van der Waals surface area contributed by atoms with Gasteiger partial charge in [0, 0.05) is 0 Å². The first-order valence-electron chi connectivity index (χ1n) is 6.64. The van der Waals surface area contributed by atoms with Gasteiger partial charge in [-0.3, -0.25) is 0 Å². The van der Waals surface area contributed by atoms with Crippen molar-refractivity contribution in [3.05, 3.63) is 11.6 Å². The molecule has 0 heterocycles. The van der Waals surface area contributed by atoms with Gasteiger partial charge in [0.1, 0.15) is 0 Å². The molecule has 0 radical (unpaired) electrons. The summed E-state index contributed by atoms with van der Waals surface area (Å²) in [6.45, 7) is 11.2. The molecule has 2 aliphatic rings. The number of aliphatic hydroxyl groups is 1. The highest BCUT2D eigenvalue weighted by Gasteiger charge is 2.66. The SMILES string of the molecule is C/C(=C\CC1CC2CC2(C)C1(C)C)C(C)O. The van der Waals surface area contributed by atoms with Crippen LogP contribution in [0.2, 0.25) is 0 Å². The molecule has 4 unspecified atom stereocenters. The molecule has 0 saturated heterocycles. The summed E-state index contributed by atoms with van der Waals surface area (Å²) in [4.78, 5) is 0. The minimum atomic E-state index is -0.283. The second-order valence-corrected chi connectivity index (χ2v) is 6.83. The van der Waals surface area contributed by atoms with Gasteiger partial charge >= 0.3 is 0 Å². The predicted molar refractivity (Wildman–Crippen MR) is 68.2 cm³/mol. The fourth-order valence-corrected chi connectivity index (χ4v) is 3.58. The molecule has 2 saturated carbocycles. The third-order valence-corrected chi connectivity index (χ3v) is 5.86. The van der Waals surface area contributed by atoms with Gasteiger partial charge in [-0.25, -0.2) is 0 Å². The van der Waals surface area contributed by atoms with E-state index in [1.807, 2.05) is 13.8 Å². The highest BCUT2D eigenvalue weighted by atomic mass is 16.3. The van der Waals surface area contributed by atoms with Crippen LogP contribution in [0, 0.1) is 22.7 Å². The summed E-state index contributed by atoms with van der Waals surface area (Å²) in [6.07, 6.45) is 5.96. The van der Waals surface area contributed by atoms with Crippen molar-refractivity contribution < 1.29 is 5.11 Å². The Balaban J connectivity index is 2.01. The zero-order valence-electron chi connectivity index (χ0n) is 11.4. The van der Waals surface area contributed by atoms with Crippen LogP contribution >= 0.6 is 0 Å². The second kappa shape index (κ2) is 3.60. The van der Waals surface area contributed by atoms with Crippen molar-refractivity contribution in [2.24, 2.45) is 22.7 Å². The van der Waals surface area contributed by atoms with E-state index in [0.29, 0.717) is 10.8 Å². The van der Waals surface area contributed by atoms with E-state index in [1.54, 1.807) is 0 Å². The molecule has 1 nitrogen and oxygen atoms in total. The maximum atomic E-state index is 9.47. The number of aliphatic hydroxyl groups excluding tert-OH is 1. The largest absolute Gasteiger partial charge is 0.389 e. The van der Waals surface area contributed by atoms with Crippen LogP contribution in [0.5, 0.6) is 0 Å². The van der Waals surface area contributed by atoms with Crippen LogP contribution in [0.15, 0.2) is 11.6 Å². The summed E-state index contributed by atoms with van der Waals surface area (Å²) in [6, 6.07) is 0. The van der Waals surface area contributed by atoms with Crippen molar-refractivity contribution >= 4 is 0 Å². The van der Waals surface area contributed by atoms with Crippen LogP contribution in [0.4, 0.5) is 0 Å². The lowest BCUT2D eigenvalue weighted by Gasteiger charge is -2.35. The summed E-state index contributed by atoms with van der Waals surface area (Å²) < 4.78 is 0. The van der Waals surface area contributed by atoms with E-state index in [-0.39, 0.29) is 6.10 Å². The predicted octanol–water partition coefficient (Wildman–Crippen LogP) is 3.78. The van der Waals surface area contributed by atoms with Crippen molar-refractivity contribution in [1.82, 2.24) is 0 Å². The molecule has 0 aromatic carbocycles. The molecular formula is C15H26O. The molecule has 2 fully saturated rings. The van der Waals surface area contributed by atoms with Crippen molar-refractivity contribution in [3.8, 4) is 0 Å². The molecule has 0 bridgehead atoms. The first kappa shape index (κ1) is 12.2. The number of allylic oxidation sites excluding steroid dienone is 1. The second-order valence-electron chi connectivity index (χ2n) is 6.83. The third kappa shape index (κ3) is 1.64. The van der Waals surface area contributed by atoms with Crippen LogP contribution in [-0.2, 0) is 0 Å². The Morgan fingerprint density at radius 3 is 2.50 bits per heavy atom. The minimum Gasteiger partial charge on any atom is -0.389 e. The van der Waals surface area contributed by atoms with Gasteiger partial charge in [0.05, 0.1) is 6.10 Å². The fourth-order valence-electron chi connectivity index (χ4n) is 3.58. The van der Waals surface area contributed by atoms with Crippen molar-refractivity contribution in [1.29, 1.82) is 0 Å². The Bertz CT molecular complexity index is 313. The first-order chi connectivity index (χ1) is 7.29. The van der Waals surface area contributed by atoms with Crippen molar-refractivity contribution in [2.45, 2.75) is 60.0 Å². The Kier molecular flexibility index (Phi) is 2.73. The summed E-state index contributed by atoms with van der Waals surface area (Å²) in [5.41, 5.74) is 2.22. The van der Waals surface area contributed by atoms with E-state index >= 15 is 0 Å². The van der Waals surface area contributed by atoms with E-state index in [4.69, 9.17) is 0 Å². The van der Waals surface area contributed by atoms with Gasteiger partial charge in [-0.15, -0.1) is 0 Å². The number of rotatable bonds is 3. The van der Waals surface area contributed by atoms with Gasteiger partial charge in [0.25, 0.3) is 0 Å². The molecule has 0 spiro atoms. The van der Waals surface area contributed by atoms with Crippen molar-refractivity contribution in [2.75, 3.05) is 0 Å². The van der Waals surface area contributed by atoms with E-state index in [1.165, 1.54) is 12.8 Å². The summed E-state index contributed by atoms with van der Waals surface area (Å²) in [5, 5.41) is 9.47. The molecule has 16 heavy (non-hydrogen) atoms. The summed E-state index contributed by atoms with van der Waals surface area (Å²) >= 11 is 0. The molecule has 2 aliphatic carbocycles. The van der Waals surface area contributed by atoms with E-state index in [9.17, 15) is 5.11 Å². The maximum absolute atomic E-state index is 9.47. The lowest BCUT2D eigenvalue weighted by atomic mass is 9.70. The molecule has 2 rings (SSSR count). The monoisotopic (exact) mass is 222 g/mol. The number of hydrogen-bond donors (Lipinski definition) is 1. The Morgan fingerprint density at radius 1 is 1.44 bits per heavy atom. The lowest BCUT2D eigenvalue weighted by molar-refractivity contribution is 0.149. The van der Waals surface area contributed by atoms with Gasteiger partial charge in [0.15, 0.2) is 0 Å². The van der Waals surface area contributed by atoms with Gasteiger partial charge in [-0.1, -0.05) is 26.8 Å². The molecule has 0 amide bonds. The number of hydrogen-bond acceptors (Lipinski definition) is 1. The molecule has 1 N–H and O–H groups in total. The Hall–Kier alpha value is -0.300. The molecule has 1 heteroatoms. The van der Waals surface area contributed by atoms with Crippen LogP contribution < -0.4 is 0 Å². The van der Waals surface area contributed by atoms with Crippen LogP contribution in [-0.4, -0.2) is 11.2 Å². The normalized spacial score (nSPS) is 43.0. The van der Waals surface area contributed by atoms with Gasteiger partial charge < -0.3 is 5.11 Å². The molecule has 92 valence electrons. The van der Waals surface area contributed by atoms with E-state index in [0.717, 1.165) is 23.8 Å². The average Bonchev–Trinajstić information content (AvgIpc) is 2.79. The van der Waals surface area contributed by atoms with Crippen LogP contribution in [0.1, 0.15) is 53.9 Å². The highest BCUT2D eigenvalue weighted by Crippen LogP contribution is 2.74. The van der Waals surface area contributed by atoms with Crippen LogP contribution in [0.3, 0.4) is 0 Å². The van der Waals surface area contributed by atoms with Gasteiger partial charge in [-0.05, 0) is 61.3 Å². The number of fused-ring (bicyclic) bond motifs is 1. The van der Waals surface area contributed by atoms with E-state index < -0.39 is 0 Å². The molecule has 4 atom stereocenters. The molecule has 0 aromatic rings. The van der Waals surface area contributed by atoms with E-state index in [2.05, 4.69) is 26.8 Å². The quantitative estimate of drug-likeness (QED) is 0.721. The van der Waals surface area contributed by atoms with Gasteiger partial charge in [-0.2, -0.15) is 0 Å². The minimum absolute atomic E-state index is 0.283. The summed E-state index contributed by atoms with van der Waals surface area (Å²) in [7, 11) is 0. The average molecular weight is 222 g/mol. The smallest absolute Gasteiger partial charge is 0.0719 e. The zero-order chi connectivity index (χ0) is 12.1. The highest BCUT2D eigenvalue weighted by molar-refractivity contribution is 5.17. The molecular weight excluding hydrogens is 196 g/mol. The first-order valence-corrected chi connectivity index (χ1v) is 6.64. The summed E-state index contributed by atoms with van der Waals surface area (Å²) in [5.74, 6) is 1.79. The molecule has 0 aromatic heterocycles. The Labute approximate surface area is 99.9 Å². The maximum Gasteiger partial charge on any atom is 0.0719 e. The topological polar surface area (TPSA) is 20.2 Å².